The van der Waals surface area contributed by atoms with E-state index in [0.717, 1.165) is 41.5 Å². The van der Waals surface area contributed by atoms with Crippen molar-refractivity contribution in [1.29, 1.82) is 0 Å². The molecule has 3 heterocycles. The zero-order valence-corrected chi connectivity index (χ0v) is 25.2. The molecule has 0 spiro atoms. The van der Waals surface area contributed by atoms with E-state index in [1.54, 1.807) is 11.8 Å². The monoisotopic (exact) mass is 609 g/mol. The summed E-state index contributed by atoms with van der Waals surface area (Å²) in [5.41, 5.74) is 4.15. The molecule has 0 bridgehead atoms. The number of fused-ring (bicyclic) bond motifs is 3. The highest BCUT2D eigenvalue weighted by Crippen LogP contribution is 2.52. The lowest BCUT2D eigenvalue weighted by atomic mass is 9.96. The van der Waals surface area contributed by atoms with Crippen LogP contribution in [0.2, 0.25) is 0 Å². The van der Waals surface area contributed by atoms with Gasteiger partial charge in [-0.1, -0.05) is 36.5 Å². The van der Waals surface area contributed by atoms with Crippen molar-refractivity contribution in [3.8, 4) is 0 Å². The maximum Gasteiger partial charge on any atom is 0.323 e. The molecule has 6 rings (SSSR count). The number of thiazole rings is 1. The Morgan fingerprint density at radius 2 is 1.95 bits per heavy atom. The highest BCUT2D eigenvalue weighted by atomic mass is 32.2. The molecular weight excluding hydrogens is 583 g/mol. The molecule has 40 heavy (non-hydrogen) atoms. The number of aliphatic carboxylic acids is 1. The number of carboxylic acids is 1. The molecule has 1 saturated heterocycles. The highest BCUT2D eigenvalue weighted by Gasteiger charge is 2.42. The number of carboxylic acid groups (broad SMARTS) is 1. The number of carbonyl (C=O) groups excluding carboxylic acids is 1. The van der Waals surface area contributed by atoms with E-state index in [4.69, 9.17) is 12.2 Å². The Hall–Kier alpha value is -2.86. The number of aromatic nitrogens is 1. The van der Waals surface area contributed by atoms with E-state index in [2.05, 4.69) is 47.6 Å². The second-order valence-electron chi connectivity index (χ2n) is 9.94. The molecule has 0 radical (unpaired) electrons. The molecule has 2 fully saturated rings. The summed E-state index contributed by atoms with van der Waals surface area (Å²) < 4.78 is 2.32. The molecule has 1 aliphatic carbocycles. The summed E-state index contributed by atoms with van der Waals surface area (Å²) >= 11 is 9.34. The van der Waals surface area contributed by atoms with Gasteiger partial charge in [0.05, 0.1) is 4.53 Å². The van der Waals surface area contributed by atoms with Crippen molar-refractivity contribution in [3.63, 3.8) is 0 Å². The lowest BCUT2D eigenvalue weighted by Crippen LogP contribution is -2.35. The summed E-state index contributed by atoms with van der Waals surface area (Å²) in [6.07, 6.45) is 7.33. The van der Waals surface area contributed by atoms with Crippen LogP contribution in [0.1, 0.15) is 43.2 Å². The molecular formula is C29H27N3O4S4. The molecule has 3 aromatic rings. The van der Waals surface area contributed by atoms with Gasteiger partial charge in [-0.15, -0.1) is 23.1 Å². The number of thioether (sulfide) groups is 2. The Balaban J connectivity index is 1.45. The second-order valence-corrected chi connectivity index (χ2v) is 13.5. The van der Waals surface area contributed by atoms with Crippen LogP contribution < -0.4 is 19.7 Å². The number of carbonyl (C=O) groups is 2. The first-order valence-corrected chi connectivity index (χ1v) is 16.4. The predicted molar refractivity (Wildman–Crippen MR) is 167 cm³/mol. The Morgan fingerprint density at radius 3 is 2.62 bits per heavy atom. The average molecular weight is 610 g/mol. The van der Waals surface area contributed by atoms with Gasteiger partial charge in [-0.3, -0.25) is 23.9 Å². The lowest BCUT2D eigenvalue weighted by Gasteiger charge is -2.27. The molecule has 7 nitrogen and oxygen atoms in total. The van der Waals surface area contributed by atoms with Gasteiger partial charge in [0.25, 0.3) is 11.5 Å². The third kappa shape index (κ3) is 4.62. The van der Waals surface area contributed by atoms with Crippen LogP contribution in [0.4, 0.5) is 11.4 Å². The van der Waals surface area contributed by atoms with Crippen LogP contribution in [0, 0.1) is 0 Å². The SMILES string of the molecule is CCN1C(=O)C(=c2sc(=Cc3ccc4c(c3)C3CCCC3N4c3ccc(SC)cc3)c(=O)n2CC(=O)O)SC1=S. The number of hydrogen-bond donors (Lipinski definition) is 1. The van der Waals surface area contributed by atoms with E-state index in [1.165, 1.54) is 37.7 Å². The van der Waals surface area contributed by atoms with Crippen molar-refractivity contribution < 1.29 is 14.7 Å². The minimum absolute atomic E-state index is 0.292. The first-order valence-electron chi connectivity index (χ1n) is 13.1. The van der Waals surface area contributed by atoms with Crippen LogP contribution in [-0.2, 0) is 16.1 Å². The van der Waals surface area contributed by atoms with Gasteiger partial charge < -0.3 is 10.0 Å². The lowest BCUT2D eigenvalue weighted by molar-refractivity contribution is -0.137. The Labute approximate surface area is 249 Å². The van der Waals surface area contributed by atoms with Crippen molar-refractivity contribution in [2.45, 2.75) is 49.6 Å². The van der Waals surface area contributed by atoms with Crippen LogP contribution in [0.15, 0.2) is 52.2 Å². The molecule has 2 atom stereocenters. The third-order valence-corrected chi connectivity index (χ3v) is 11.2. The molecule has 2 aromatic carbocycles. The predicted octanol–water partition coefficient (Wildman–Crippen LogP) is 4.32. The molecule has 1 aromatic heterocycles. The Bertz CT molecular complexity index is 1730. The van der Waals surface area contributed by atoms with E-state index < -0.39 is 18.1 Å². The van der Waals surface area contributed by atoms with Crippen LogP contribution in [0.5, 0.6) is 0 Å². The van der Waals surface area contributed by atoms with Gasteiger partial charge in [0.1, 0.15) is 20.4 Å². The van der Waals surface area contributed by atoms with Gasteiger partial charge in [-0.25, -0.2) is 0 Å². The van der Waals surface area contributed by atoms with Gasteiger partial charge in [0.2, 0.25) is 0 Å². The van der Waals surface area contributed by atoms with Crippen molar-refractivity contribution in [1.82, 2.24) is 9.47 Å². The van der Waals surface area contributed by atoms with Crippen LogP contribution >= 0.6 is 47.1 Å². The van der Waals surface area contributed by atoms with E-state index >= 15 is 0 Å². The third-order valence-electron chi connectivity index (χ3n) is 7.73. The molecule has 2 unspecified atom stereocenters. The summed E-state index contributed by atoms with van der Waals surface area (Å²) in [7, 11) is 0. The van der Waals surface area contributed by atoms with Gasteiger partial charge in [-0.2, -0.15) is 0 Å². The van der Waals surface area contributed by atoms with Gasteiger partial charge >= 0.3 is 5.97 Å². The topological polar surface area (TPSA) is 82.9 Å². The fourth-order valence-electron chi connectivity index (χ4n) is 5.96. The highest BCUT2D eigenvalue weighted by molar-refractivity contribution is 8.30. The molecule has 206 valence electrons. The van der Waals surface area contributed by atoms with Gasteiger partial charge in [0.15, 0.2) is 0 Å². The van der Waals surface area contributed by atoms with Crippen molar-refractivity contribution in [3.05, 3.63) is 73.1 Å². The van der Waals surface area contributed by atoms with Crippen LogP contribution in [0.25, 0.3) is 11.0 Å². The summed E-state index contributed by atoms with van der Waals surface area (Å²) in [5, 5.41) is 9.51. The fourth-order valence-corrected chi connectivity index (χ4v) is 9.01. The van der Waals surface area contributed by atoms with Gasteiger partial charge in [-0.05, 0) is 79.6 Å². The summed E-state index contributed by atoms with van der Waals surface area (Å²) in [4.78, 5) is 43.5. The van der Waals surface area contributed by atoms with Crippen molar-refractivity contribution in [2.24, 2.45) is 0 Å². The van der Waals surface area contributed by atoms with E-state index in [-0.39, 0.29) is 5.91 Å². The first kappa shape index (κ1) is 27.3. The number of anilines is 2. The minimum Gasteiger partial charge on any atom is -0.480 e. The van der Waals surface area contributed by atoms with Crippen LogP contribution in [0.3, 0.4) is 0 Å². The summed E-state index contributed by atoms with van der Waals surface area (Å²) in [6.45, 7) is 1.72. The number of hydrogen-bond acceptors (Lipinski definition) is 8. The molecule has 1 saturated carbocycles. The minimum atomic E-state index is -1.14. The van der Waals surface area contributed by atoms with E-state index in [1.807, 2.05) is 19.1 Å². The van der Waals surface area contributed by atoms with Gasteiger partial charge in [0, 0.05) is 34.8 Å². The normalized spacial score (nSPS) is 21.9. The van der Waals surface area contributed by atoms with E-state index in [9.17, 15) is 19.5 Å². The smallest absolute Gasteiger partial charge is 0.323 e. The molecule has 1 amide bonds. The quantitative estimate of drug-likeness (QED) is 0.327. The van der Waals surface area contributed by atoms with Crippen LogP contribution in [-0.4, -0.2) is 49.6 Å². The zero-order valence-electron chi connectivity index (χ0n) is 22.0. The Morgan fingerprint density at radius 1 is 1.18 bits per heavy atom. The van der Waals surface area contributed by atoms with Crippen molar-refractivity contribution >= 4 is 85.6 Å². The molecule has 11 heteroatoms. The number of benzene rings is 2. The molecule has 2 aliphatic heterocycles. The Kier molecular flexibility index (Phi) is 7.41. The first-order chi connectivity index (χ1) is 19.3. The maximum atomic E-state index is 13.4. The largest absolute Gasteiger partial charge is 0.480 e. The zero-order chi connectivity index (χ0) is 28.1. The average Bonchev–Trinajstić information content (AvgIpc) is 3.67. The molecule has 3 aliphatic rings. The maximum absolute atomic E-state index is 13.4. The standard InChI is InChI=1S/C29H27N3O4S4/c1-3-30-27(36)25(40-29(30)37)28-31(15-24(33)34)26(35)23(39-28)14-16-7-12-22-20(13-16)19-5-4-6-21(19)32(22)17-8-10-18(38-2)11-9-17/h7-14,19,21H,3-6,15H2,1-2H3,(H,33,34). The number of thiocarbonyl (C=S) groups is 1. The number of nitrogens with zero attached hydrogens (tertiary/aromatic N) is 3. The number of amides is 1. The second kappa shape index (κ2) is 10.8. The summed E-state index contributed by atoms with van der Waals surface area (Å²) in [6, 6.07) is 15.5. The van der Waals surface area contributed by atoms with Crippen molar-refractivity contribution in [2.75, 3.05) is 17.7 Å². The summed E-state index contributed by atoms with van der Waals surface area (Å²) in [5.74, 6) is -1.01. The molecule has 1 N–H and O–H groups in total. The fraction of sp³-hybridized carbons (Fsp3) is 0.310. The van der Waals surface area contributed by atoms with E-state index in [0.29, 0.717) is 36.9 Å². The number of rotatable bonds is 6.